The van der Waals surface area contributed by atoms with Gasteiger partial charge < -0.3 is 149 Å². The van der Waals surface area contributed by atoms with Gasteiger partial charge in [-0.25, -0.2) is 4.79 Å². The van der Waals surface area contributed by atoms with Crippen LogP contribution < -0.4 is 0 Å². The van der Waals surface area contributed by atoms with Gasteiger partial charge in [-0.15, -0.1) is 0 Å². The van der Waals surface area contributed by atoms with Crippen LogP contribution in [0.3, 0.4) is 0 Å². The summed E-state index contributed by atoms with van der Waals surface area (Å²) in [6, 6.07) is 0. The second kappa shape index (κ2) is 28.2. The third-order valence-electron chi connectivity index (χ3n) is 25.3. The van der Waals surface area contributed by atoms with E-state index in [4.69, 9.17) is 56.8 Å². The van der Waals surface area contributed by atoms with Crippen LogP contribution in [-0.4, -0.2) is 315 Å². The van der Waals surface area contributed by atoms with E-state index in [2.05, 4.69) is 40.7 Å². The molecule has 0 aromatic heterocycles. The molecule has 38 atom stereocenters. The second-order valence-corrected chi connectivity index (χ2v) is 31.3. The van der Waals surface area contributed by atoms with Crippen LogP contribution in [0.2, 0.25) is 0 Å². The number of aliphatic hydroxyl groups is 17. The topological polar surface area (TPSA) is 509 Å². The third-order valence-corrected chi connectivity index (χ3v) is 25.3. The van der Waals surface area contributed by atoms with Gasteiger partial charge in [0.25, 0.3) is 0 Å². The lowest BCUT2D eigenvalue weighted by Crippen LogP contribution is -2.67. The highest BCUT2D eigenvalue weighted by Gasteiger charge is 2.71. The van der Waals surface area contributed by atoms with E-state index in [1.807, 2.05) is 6.92 Å². The van der Waals surface area contributed by atoms with E-state index >= 15 is 4.79 Å². The number of carboxylic acids is 1. The number of hydrogen-bond donors (Lipinski definition) is 18. The summed E-state index contributed by atoms with van der Waals surface area (Å²) in [7, 11) is 0. The van der Waals surface area contributed by atoms with Gasteiger partial charge in [-0.2, -0.15) is 0 Å². The first-order valence-electron chi connectivity index (χ1n) is 34.1. The van der Waals surface area contributed by atoms with Gasteiger partial charge in [0.05, 0.1) is 50.2 Å². The summed E-state index contributed by atoms with van der Waals surface area (Å²) in [5.41, 5.74) is -2.62. The lowest BCUT2D eigenvalue weighted by molar-refractivity contribution is -0.387. The van der Waals surface area contributed by atoms with E-state index in [0.29, 0.717) is 64.2 Å². The molecular formula is C65H104O32. The van der Waals surface area contributed by atoms with Crippen LogP contribution >= 0.6 is 0 Å². The number of carbonyl (C=O) groups is 2. The number of ether oxygens (including phenoxy) is 12. The molecule has 5 aliphatic carbocycles. The molecule has 10 fully saturated rings. The summed E-state index contributed by atoms with van der Waals surface area (Å²) < 4.78 is 71.7. The van der Waals surface area contributed by atoms with Crippen LogP contribution in [0.5, 0.6) is 0 Å². The van der Waals surface area contributed by atoms with Crippen molar-refractivity contribution in [1.29, 1.82) is 0 Å². The molecule has 6 heterocycles. The molecule has 0 radical (unpaired) electrons. The Morgan fingerprint density at radius 3 is 1.68 bits per heavy atom. The Morgan fingerprint density at radius 2 is 1.07 bits per heavy atom. The predicted molar refractivity (Wildman–Crippen MR) is 321 cm³/mol. The zero-order valence-electron chi connectivity index (χ0n) is 55.8. The minimum Gasteiger partial charge on any atom is -0.479 e. The van der Waals surface area contributed by atoms with Gasteiger partial charge in [0.15, 0.2) is 37.6 Å². The number of esters is 1. The average Bonchev–Trinajstić information content (AvgIpc) is 0.675. The van der Waals surface area contributed by atoms with Crippen LogP contribution in [0.4, 0.5) is 0 Å². The van der Waals surface area contributed by atoms with E-state index in [9.17, 15) is 96.7 Å². The Morgan fingerprint density at radius 1 is 0.526 bits per heavy atom. The van der Waals surface area contributed by atoms with Gasteiger partial charge in [-0.3, -0.25) is 4.79 Å². The second-order valence-electron chi connectivity index (χ2n) is 31.3. The van der Waals surface area contributed by atoms with Crippen molar-refractivity contribution >= 4 is 11.9 Å². The van der Waals surface area contributed by atoms with Crippen LogP contribution in [0.15, 0.2) is 11.6 Å². The standard InChI is InChI=1S/C65H104O32/c1-24-34(69)37(72)43(78)54(88-24)94-49-29(20-66)90-53(47(82)42(49)77)87-22-30-36(71)39(74)45(80)56(91-30)97-59(85)65-17-15-60(3,4)19-27(65)26-9-10-32-61(5)13-12-33(62(6,23-67)31(61)11-14-64(32,8)63(26,7)16-18-65)92-58-51(96-55-44(79)38(73)35(70)25(2)89-55)48(28(68)21-86-58)93-57-46(81)40(75)41(76)50(95-57)52(83)84/h9,24-25,27-51,53-58,66-82H,10-23H2,1-8H3,(H,83,84). The molecule has 32 nitrogen and oxygen atoms in total. The number of carboxylic acid groups (broad SMARTS) is 1. The summed E-state index contributed by atoms with van der Waals surface area (Å²) >= 11 is 0. The molecule has 11 aliphatic rings. The fourth-order valence-corrected chi connectivity index (χ4v) is 19.0. The molecule has 97 heavy (non-hydrogen) atoms. The van der Waals surface area contributed by atoms with Gasteiger partial charge in [-0.1, -0.05) is 53.2 Å². The normalized spacial score (nSPS) is 54.6. The molecule has 38 unspecified atom stereocenters. The van der Waals surface area contributed by atoms with E-state index in [1.54, 1.807) is 0 Å². The summed E-state index contributed by atoms with van der Waals surface area (Å²) in [6.45, 7) is 13.5. The van der Waals surface area contributed by atoms with Gasteiger partial charge >= 0.3 is 11.9 Å². The summed E-state index contributed by atoms with van der Waals surface area (Å²) in [5, 5.41) is 196. The Balaban J connectivity index is 0.799. The summed E-state index contributed by atoms with van der Waals surface area (Å²) in [4.78, 5) is 27.5. The number of carbonyl (C=O) groups excluding carboxylic acids is 1. The largest absolute Gasteiger partial charge is 0.479 e. The van der Waals surface area contributed by atoms with Gasteiger partial charge in [0.1, 0.15) is 122 Å². The number of rotatable bonds is 16. The van der Waals surface area contributed by atoms with Crippen LogP contribution in [0.25, 0.3) is 0 Å². The molecular weight excluding hydrogens is 1290 g/mol. The Hall–Kier alpha value is -2.44. The summed E-state index contributed by atoms with van der Waals surface area (Å²) in [6.07, 6.45) is -43.3. The van der Waals surface area contributed by atoms with Crippen molar-refractivity contribution in [2.45, 2.75) is 304 Å². The van der Waals surface area contributed by atoms with Crippen molar-refractivity contribution in [2.24, 2.45) is 50.2 Å². The lowest BCUT2D eigenvalue weighted by Gasteiger charge is -2.71. The highest BCUT2D eigenvalue weighted by atomic mass is 16.8. The number of aliphatic carboxylic acids is 1. The van der Waals surface area contributed by atoms with Crippen molar-refractivity contribution in [3.63, 3.8) is 0 Å². The van der Waals surface area contributed by atoms with Crippen molar-refractivity contribution in [2.75, 3.05) is 26.4 Å². The molecule has 11 rings (SSSR count). The molecule has 6 saturated heterocycles. The zero-order chi connectivity index (χ0) is 70.9. The van der Waals surface area contributed by atoms with Crippen molar-refractivity contribution in [3.8, 4) is 0 Å². The Kier molecular flexibility index (Phi) is 22.0. The first-order valence-corrected chi connectivity index (χ1v) is 34.1. The highest BCUT2D eigenvalue weighted by molar-refractivity contribution is 5.79. The van der Waals surface area contributed by atoms with Crippen LogP contribution in [0.1, 0.15) is 120 Å². The van der Waals surface area contributed by atoms with E-state index in [1.165, 1.54) is 13.8 Å². The maximum absolute atomic E-state index is 15.4. The quantitative estimate of drug-likeness (QED) is 0.0393. The van der Waals surface area contributed by atoms with Gasteiger partial charge in [0, 0.05) is 5.41 Å². The Bertz CT molecular complexity index is 2780. The number of aliphatic hydroxyl groups excluding tert-OH is 17. The molecule has 0 aromatic rings. The van der Waals surface area contributed by atoms with Crippen molar-refractivity contribution < 1.29 is 158 Å². The average molecular weight is 1400 g/mol. The monoisotopic (exact) mass is 1400 g/mol. The van der Waals surface area contributed by atoms with Crippen LogP contribution in [-0.2, 0) is 66.4 Å². The molecule has 18 N–H and O–H groups in total. The lowest BCUT2D eigenvalue weighted by atomic mass is 9.33. The van der Waals surface area contributed by atoms with Crippen molar-refractivity contribution in [3.05, 3.63) is 11.6 Å². The van der Waals surface area contributed by atoms with E-state index in [0.717, 1.165) is 5.57 Å². The smallest absolute Gasteiger partial charge is 0.335 e. The maximum atomic E-state index is 15.4. The minimum absolute atomic E-state index is 0.00917. The van der Waals surface area contributed by atoms with Gasteiger partial charge in [0.2, 0.25) is 6.29 Å². The van der Waals surface area contributed by atoms with E-state index in [-0.39, 0.29) is 29.8 Å². The molecule has 4 saturated carbocycles. The first-order chi connectivity index (χ1) is 45.4. The maximum Gasteiger partial charge on any atom is 0.335 e. The number of fused-ring (bicyclic) bond motifs is 7. The molecule has 0 aromatic carbocycles. The third kappa shape index (κ3) is 13.0. The minimum atomic E-state index is -2.09. The molecule has 556 valence electrons. The molecule has 6 aliphatic heterocycles. The molecule has 0 amide bonds. The molecule has 0 bridgehead atoms. The first kappa shape index (κ1) is 75.7. The zero-order valence-corrected chi connectivity index (χ0v) is 55.8. The number of allylic oxidation sites excluding steroid dienone is 2. The van der Waals surface area contributed by atoms with Crippen LogP contribution in [0, 0.1) is 50.2 Å². The van der Waals surface area contributed by atoms with Gasteiger partial charge in [-0.05, 0) is 117 Å². The highest BCUT2D eigenvalue weighted by Crippen LogP contribution is 2.76. The SMILES string of the molecule is CC1OC(OC2C(CO)OC(OCC3OC(OC(=O)C45CCC(C)(C)CC4C4=CCC6C7(C)CCC(OC8OCC(O)C(OC9OC(C(=O)O)C(O)C(O)C9O)C8OC8OC(C)C(O)C(O)C8O)C(C)(CO)C7CCC6(C)C4(C)CC5)C(O)C(O)C3O)C(O)C2O)C(O)C(O)C1O. The summed E-state index contributed by atoms with van der Waals surface area (Å²) in [5.74, 6) is -2.93. The fraction of sp³-hybridized carbons (Fsp3) is 0.938. The molecule has 0 spiro atoms. The van der Waals surface area contributed by atoms with Crippen molar-refractivity contribution in [1.82, 2.24) is 0 Å². The Labute approximate surface area is 560 Å². The van der Waals surface area contributed by atoms with E-state index < -0.39 is 243 Å². The predicted octanol–water partition coefficient (Wildman–Crippen LogP) is -4.63. The molecule has 32 heteroatoms. The fourth-order valence-electron chi connectivity index (χ4n) is 19.0. The number of hydrogen-bond acceptors (Lipinski definition) is 31.